The van der Waals surface area contributed by atoms with Gasteiger partial charge >= 0.3 is 5.97 Å². The average molecular weight is 293 g/mol. The zero-order valence-corrected chi connectivity index (χ0v) is 12.1. The molecule has 0 saturated heterocycles. The van der Waals surface area contributed by atoms with Crippen LogP contribution in [0.2, 0.25) is 0 Å². The molecule has 1 amide bonds. The van der Waals surface area contributed by atoms with Gasteiger partial charge in [-0.1, -0.05) is 12.1 Å². The van der Waals surface area contributed by atoms with Crippen molar-refractivity contribution in [3.8, 4) is 11.5 Å². The number of carbonyl (C=O) groups excluding carboxylic acids is 2. The van der Waals surface area contributed by atoms with Crippen molar-refractivity contribution in [3.05, 3.63) is 24.3 Å². The Kier molecular flexibility index (Phi) is 5.03. The SMILES string of the molecule is COC(=O)CCCNC(=O)[C@H]1Oc2ccccc2O[C@H]1C. The Hall–Kier alpha value is -2.24. The number of fused-ring (bicyclic) bond motifs is 1. The number of benzene rings is 1. The first-order valence-electron chi connectivity index (χ1n) is 6.88. The van der Waals surface area contributed by atoms with E-state index < -0.39 is 6.10 Å². The number of hydrogen-bond acceptors (Lipinski definition) is 5. The molecule has 0 saturated carbocycles. The van der Waals surface area contributed by atoms with Gasteiger partial charge in [-0.3, -0.25) is 9.59 Å². The molecule has 6 heteroatoms. The third-order valence-electron chi connectivity index (χ3n) is 3.19. The van der Waals surface area contributed by atoms with Crippen LogP contribution in [-0.2, 0) is 14.3 Å². The predicted molar refractivity (Wildman–Crippen MR) is 75.2 cm³/mol. The van der Waals surface area contributed by atoms with Gasteiger partial charge in [-0.2, -0.15) is 0 Å². The molecule has 0 aliphatic carbocycles. The Morgan fingerprint density at radius 1 is 1.24 bits per heavy atom. The first-order chi connectivity index (χ1) is 10.1. The maximum absolute atomic E-state index is 12.1. The van der Waals surface area contributed by atoms with Crippen LogP contribution >= 0.6 is 0 Å². The van der Waals surface area contributed by atoms with Gasteiger partial charge in [0, 0.05) is 13.0 Å². The number of esters is 1. The Morgan fingerprint density at radius 2 is 1.90 bits per heavy atom. The van der Waals surface area contributed by atoms with Crippen LogP contribution in [0.3, 0.4) is 0 Å². The van der Waals surface area contributed by atoms with E-state index in [1.807, 2.05) is 12.1 Å². The van der Waals surface area contributed by atoms with E-state index in [0.717, 1.165) is 0 Å². The third-order valence-corrected chi connectivity index (χ3v) is 3.19. The fourth-order valence-corrected chi connectivity index (χ4v) is 2.05. The fourth-order valence-electron chi connectivity index (χ4n) is 2.05. The van der Waals surface area contributed by atoms with Crippen LogP contribution in [0.5, 0.6) is 11.5 Å². The molecular formula is C15H19NO5. The first kappa shape index (κ1) is 15.2. The van der Waals surface area contributed by atoms with Gasteiger partial charge in [0.1, 0.15) is 6.10 Å². The van der Waals surface area contributed by atoms with E-state index in [9.17, 15) is 9.59 Å². The maximum Gasteiger partial charge on any atom is 0.305 e. The van der Waals surface area contributed by atoms with E-state index in [1.165, 1.54) is 7.11 Å². The molecule has 1 aromatic carbocycles. The summed E-state index contributed by atoms with van der Waals surface area (Å²) >= 11 is 0. The topological polar surface area (TPSA) is 73.9 Å². The quantitative estimate of drug-likeness (QED) is 0.654. The molecule has 0 aromatic heterocycles. The van der Waals surface area contributed by atoms with E-state index in [-0.39, 0.29) is 24.4 Å². The smallest absolute Gasteiger partial charge is 0.305 e. The molecule has 21 heavy (non-hydrogen) atoms. The molecule has 1 aliphatic heterocycles. The lowest BCUT2D eigenvalue weighted by atomic mass is 10.1. The van der Waals surface area contributed by atoms with Gasteiger partial charge in [0.25, 0.3) is 5.91 Å². The van der Waals surface area contributed by atoms with Gasteiger partial charge in [0.15, 0.2) is 11.5 Å². The monoisotopic (exact) mass is 293 g/mol. The Bertz CT molecular complexity index is 517. The minimum atomic E-state index is -0.696. The molecule has 0 radical (unpaired) electrons. The van der Waals surface area contributed by atoms with Gasteiger partial charge in [-0.15, -0.1) is 0 Å². The highest BCUT2D eigenvalue weighted by atomic mass is 16.6. The molecule has 6 nitrogen and oxygen atoms in total. The second-order valence-corrected chi connectivity index (χ2v) is 4.78. The van der Waals surface area contributed by atoms with Crippen molar-refractivity contribution >= 4 is 11.9 Å². The maximum atomic E-state index is 12.1. The van der Waals surface area contributed by atoms with Crippen LogP contribution in [0.15, 0.2) is 24.3 Å². The zero-order valence-electron chi connectivity index (χ0n) is 12.1. The number of carbonyl (C=O) groups is 2. The second-order valence-electron chi connectivity index (χ2n) is 4.78. The van der Waals surface area contributed by atoms with Crippen molar-refractivity contribution in [1.82, 2.24) is 5.32 Å². The number of para-hydroxylation sites is 2. The predicted octanol–water partition coefficient (Wildman–Crippen LogP) is 1.28. The van der Waals surface area contributed by atoms with Crippen molar-refractivity contribution in [2.45, 2.75) is 32.0 Å². The van der Waals surface area contributed by atoms with E-state index in [4.69, 9.17) is 9.47 Å². The zero-order chi connectivity index (χ0) is 15.2. The highest BCUT2D eigenvalue weighted by molar-refractivity contribution is 5.82. The summed E-state index contributed by atoms with van der Waals surface area (Å²) in [6.07, 6.45) is -0.271. The summed E-state index contributed by atoms with van der Waals surface area (Å²) in [5.74, 6) is 0.663. The average Bonchev–Trinajstić information content (AvgIpc) is 2.50. The van der Waals surface area contributed by atoms with Crippen LogP contribution in [0.1, 0.15) is 19.8 Å². The lowest BCUT2D eigenvalue weighted by Crippen LogP contribution is -2.49. The largest absolute Gasteiger partial charge is 0.482 e. The van der Waals surface area contributed by atoms with Gasteiger partial charge in [-0.25, -0.2) is 0 Å². The summed E-state index contributed by atoms with van der Waals surface area (Å²) in [7, 11) is 1.34. The lowest BCUT2D eigenvalue weighted by molar-refractivity contribution is -0.141. The highest BCUT2D eigenvalue weighted by Gasteiger charge is 2.33. The second kappa shape index (κ2) is 6.97. The van der Waals surface area contributed by atoms with Crippen LogP contribution in [-0.4, -0.2) is 37.7 Å². The minimum absolute atomic E-state index is 0.248. The summed E-state index contributed by atoms with van der Waals surface area (Å²) in [4.78, 5) is 23.1. The molecule has 0 unspecified atom stereocenters. The van der Waals surface area contributed by atoms with E-state index in [2.05, 4.69) is 10.1 Å². The number of rotatable bonds is 5. The molecular weight excluding hydrogens is 274 g/mol. The standard InChI is InChI=1S/C15H19NO5/c1-10-14(15(18)16-9-5-8-13(17)19-2)21-12-7-4-3-6-11(12)20-10/h3-4,6-7,10,14H,5,8-9H2,1-2H3,(H,16,18)/t10-,14-/m0/s1. The van der Waals surface area contributed by atoms with Crippen LogP contribution in [0.4, 0.5) is 0 Å². The molecule has 2 rings (SSSR count). The molecule has 1 aromatic rings. The number of hydrogen-bond donors (Lipinski definition) is 1. The van der Waals surface area contributed by atoms with Crippen molar-refractivity contribution in [3.63, 3.8) is 0 Å². The fraction of sp³-hybridized carbons (Fsp3) is 0.467. The number of nitrogens with one attached hydrogen (secondary N) is 1. The van der Waals surface area contributed by atoms with Crippen molar-refractivity contribution in [2.24, 2.45) is 0 Å². The van der Waals surface area contributed by atoms with Crippen LogP contribution < -0.4 is 14.8 Å². The number of amides is 1. The summed E-state index contributed by atoms with van der Waals surface area (Å²) in [6, 6.07) is 7.24. The lowest BCUT2D eigenvalue weighted by Gasteiger charge is -2.31. The van der Waals surface area contributed by atoms with E-state index >= 15 is 0 Å². The van der Waals surface area contributed by atoms with Gasteiger partial charge in [0.2, 0.25) is 6.10 Å². The van der Waals surface area contributed by atoms with Crippen molar-refractivity contribution in [2.75, 3.05) is 13.7 Å². The Morgan fingerprint density at radius 3 is 2.57 bits per heavy atom. The Labute approximate surface area is 123 Å². The molecule has 0 fully saturated rings. The normalized spacial score (nSPS) is 19.7. The number of methoxy groups -OCH3 is 1. The van der Waals surface area contributed by atoms with Crippen LogP contribution in [0.25, 0.3) is 0 Å². The molecule has 1 aliphatic rings. The van der Waals surface area contributed by atoms with Crippen molar-refractivity contribution < 1.29 is 23.8 Å². The molecule has 114 valence electrons. The van der Waals surface area contributed by atoms with Crippen molar-refractivity contribution in [1.29, 1.82) is 0 Å². The van der Waals surface area contributed by atoms with E-state index in [0.29, 0.717) is 24.5 Å². The van der Waals surface area contributed by atoms with Gasteiger partial charge < -0.3 is 19.5 Å². The molecule has 0 spiro atoms. The summed E-state index contributed by atoms with van der Waals surface area (Å²) in [5.41, 5.74) is 0. The molecule has 2 atom stereocenters. The minimum Gasteiger partial charge on any atom is -0.482 e. The first-order valence-corrected chi connectivity index (χ1v) is 6.88. The third kappa shape index (κ3) is 3.87. The molecule has 1 N–H and O–H groups in total. The summed E-state index contributed by atoms with van der Waals surface area (Å²) < 4.78 is 15.9. The van der Waals surface area contributed by atoms with Crippen LogP contribution in [0, 0.1) is 0 Å². The van der Waals surface area contributed by atoms with Gasteiger partial charge in [0.05, 0.1) is 7.11 Å². The van der Waals surface area contributed by atoms with E-state index in [1.54, 1.807) is 19.1 Å². The molecule has 0 bridgehead atoms. The summed E-state index contributed by atoms with van der Waals surface area (Å²) in [6.45, 7) is 2.18. The van der Waals surface area contributed by atoms with Gasteiger partial charge in [-0.05, 0) is 25.5 Å². The molecule has 1 heterocycles. The number of ether oxygens (including phenoxy) is 3. The highest BCUT2D eigenvalue weighted by Crippen LogP contribution is 2.33. The summed E-state index contributed by atoms with van der Waals surface area (Å²) in [5, 5.41) is 2.74. The Balaban J connectivity index is 1.84.